The number of carboxylic acid groups (broad SMARTS) is 1. The van der Waals surface area contributed by atoms with Crippen molar-refractivity contribution in [3.63, 3.8) is 0 Å². The average molecular weight is 326 g/mol. The third kappa shape index (κ3) is 2.92. The number of aliphatic hydroxyl groups is 1. The van der Waals surface area contributed by atoms with E-state index in [1.54, 1.807) is 11.3 Å². The van der Waals surface area contributed by atoms with Crippen LogP contribution in [-0.2, 0) is 11.3 Å². The van der Waals surface area contributed by atoms with Gasteiger partial charge in [-0.2, -0.15) is 0 Å². The van der Waals surface area contributed by atoms with Gasteiger partial charge in [-0.05, 0) is 12.5 Å². The lowest BCUT2D eigenvalue weighted by molar-refractivity contribution is -0.149. The Balaban J connectivity index is 1.79. The fraction of sp³-hybridized carbons (Fsp3) is 0.400. The highest BCUT2D eigenvalue weighted by atomic mass is 35.5. The monoisotopic (exact) mass is 325 g/mol. The highest BCUT2D eigenvalue weighted by Crippen LogP contribution is 2.36. The highest BCUT2D eigenvalue weighted by Gasteiger charge is 2.33. The van der Waals surface area contributed by atoms with Gasteiger partial charge < -0.3 is 10.2 Å². The third-order valence-electron chi connectivity index (χ3n) is 3.95. The van der Waals surface area contributed by atoms with Crippen molar-refractivity contribution in [3.8, 4) is 0 Å². The lowest BCUT2D eigenvalue weighted by atomic mass is 9.95. The Bertz CT molecular complexity index is 672. The lowest BCUT2D eigenvalue weighted by Crippen LogP contribution is -2.46. The molecule has 1 aromatic heterocycles. The molecule has 3 rings (SSSR count). The summed E-state index contributed by atoms with van der Waals surface area (Å²) in [7, 11) is 0. The van der Waals surface area contributed by atoms with Gasteiger partial charge in [0.15, 0.2) is 0 Å². The summed E-state index contributed by atoms with van der Waals surface area (Å²) in [6, 6.07) is 7.98. The van der Waals surface area contributed by atoms with E-state index in [0.29, 0.717) is 26.1 Å². The first kappa shape index (κ1) is 14.8. The maximum absolute atomic E-state index is 11.2. The second-order valence-electron chi connectivity index (χ2n) is 5.37. The summed E-state index contributed by atoms with van der Waals surface area (Å²) in [5.74, 6) is -1.65. The van der Waals surface area contributed by atoms with Gasteiger partial charge in [0.25, 0.3) is 0 Å². The van der Waals surface area contributed by atoms with Gasteiger partial charge in [-0.3, -0.25) is 9.69 Å². The molecule has 2 atom stereocenters. The van der Waals surface area contributed by atoms with Crippen LogP contribution in [0.3, 0.4) is 0 Å². The highest BCUT2D eigenvalue weighted by molar-refractivity contribution is 7.19. The van der Waals surface area contributed by atoms with Crippen LogP contribution in [0.5, 0.6) is 0 Å². The fourth-order valence-corrected chi connectivity index (χ4v) is 4.30. The number of rotatable bonds is 3. The number of piperidine rings is 1. The molecular formula is C15H16ClNO3S. The molecule has 0 unspecified atom stereocenters. The number of likely N-dealkylation sites (tertiary alicyclic amines) is 1. The van der Waals surface area contributed by atoms with Crippen LogP contribution < -0.4 is 0 Å². The number of carboxylic acids is 1. The SMILES string of the molecule is O=C(O)[C@H]1CN(Cc2sc3ccccc3c2Cl)CC[C@@H]1O. The van der Waals surface area contributed by atoms with Crippen molar-refractivity contribution >= 4 is 39.0 Å². The minimum Gasteiger partial charge on any atom is -0.481 e. The lowest BCUT2D eigenvalue weighted by Gasteiger charge is -2.33. The second-order valence-corrected chi connectivity index (χ2v) is 6.89. The molecule has 1 fully saturated rings. The van der Waals surface area contributed by atoms with Gasteiger partial charge in [-0.1, -0.05) is 29.8 Å². The molecule has 2 aromatic rings. The van der Waals surface area contributed by atoms with Crippen LogP contribution in [0.4, 0.5) is 0 Å². The van der Waals surface area contributed by atoms with Gasteiger partial charge in [-0.15, -0.1) is 11.3 Å². The average Bonchev–Trinajstić information content (AvgIpc) is 2.78. The molecule has 1 saturated heterocycles. The molecule has 0 bridgehead atoms. The Morgan fingerprint density at radius 2 is 2.19 bits per heavy atom. The van der Waals surface area contributed by atoms with Crippen molar-refractivity contribution in [2.24, 2.45) is 5.92 Å². The number of fused-ring (bicyclic) bond motifs is 1. The van der Waals surface area contributed by atoms with Crippen LogP contribution >= 0.6 is 22.9 Å². The van der Waals surface area contributed by atoms with Gasteiger partial charge in [0.2, 0.25) is 0 Å². The van der Waals surface area contributed by atoms with Crippen LogP contribution in [0.25, 0.3) is 10.1 Å². The predicted molar refractivity (Wildman–Crippen MR) is 83.9 cm³/mol. The summed E-state index contributed by atoms with van der Waals surface area (Å²) in [5, 5.41) is 20.7. The molecular weight excluding hydrogens is 310 g/mol. The number of carbonyl (C=O) groups is 1. The zero-order valence-electron chi connectivity index (χ0n) is 11.3. The van der Waals surface area contributed by atoms with Crippen molar-refractivity contribution in [3.05, 3.63) is 34.2 Å². The van der Waals surface area contributed by atoms with E-state index in [-0.39, 0.29) is 0 Å². The van der Waals surface area contributed by atoms with Crippen LogP contribution in [0, 0.1) is 5.92 Å². The molecule has 2 N–H and O–H groups in total. The maximum Gasteiger partial charge on any atom is 0.310 e. The summed E-state index contributed by atoms with van der Waals surface area (Å²) in [4.78, 5) is 14.3. The van der Waals surface area contributed by atoms with Crippen LogP contribution in [0.15, 0.2) is 24.3 Å². The van der Waals surface area contributed by atoms with Gasteiger partial charge >= 0.3 is 5.97 Å². The molecule has 4 nitrogen and oxygen atoms in total. The largest absolute Gasteiger partial charge is 0.481 e. The van der Waals surface area contributed by atoms with Crippen molar-refractivity contribution < 1.29 is 15.0 Å². The van der Waals surface area contributed by atoms with Crippen molar-refractivity contribution in [1.82, 2.24) is 4.90 Å². The van der Waals surface area contributed by atoms with E-state index in [4.69, 9.17) is 16.7 Å². The number of hydrogen-bond acceptors (Lipinski definition) is 4. The van der Waals surface area contributed by atoms with Crippen LogP contribution in [-0.4, -0.2) is 40.3 Å². The van der Waals surface area contributed by atoms with Crippen molar-refractivity contribution in [1.29, 1.82) is 0 Å². The zero-order chi connectivity index (χ0) is 15.0. The van der Waals surface area contributed by atoms with Crippen molar-refractivity contribution in [2.45, 2.75) is 19.1 Å². The number of nitrogens with zero attached hydrogens (tertiary/aromatic N) is 1. The van der Waals surface area contributed by atoms with Crippen molar-refractivity contribution in [2.75, 3.05) is 13.1 Å². The van der Waals surface area contributed by atoms with E-state index < -0.39 is 18.0 Å². The molecule has 0 saturated carbocycles. The van der Waals surface area contributed by atoms with Gasteiger partial charge in [0, 0.05) is 34.6 Å². The Hall–Kier alpha value is -1.14. The molecule has 0 aliphatic carbocycles. The number of halogens is 1. The number of hydrogen-bond donors (Lipinski definition) is 2. The quantitative estimate of drug-likeness (QED) is 0.911. The van der Waals surface area contributed by atoms with E-state index in [9.17, 15) is 9.90 Å². The minimum atomic E-state index is -0.936. The Labute approximate surface area is 131 Å². The zero-order valence-corrected chi connectivity index (χ0v) is 12.9. The topological polar surface area (TPSA) is 60.8 Å². The van der Waals surface area contributed by atoms with Crippen LogP contribution in [0.1, 0.15) is 11.3 Å². The summed E-state index contributed by atoms with van der Waals surface area (Å²) < 4.78 is 1.14. The smallest absolute Gasteiger partial charge is 0.310 e. The molecule has 1 aliphatic rings. The summed E-state index contributed by atoms with van der Waals surface area (Å²) in [5.41, 5.74) is 0. The molecule has 2 heterocycles. The third-order valence-corrected chi connectivity index (χ3v) is 5.65. The van der Waals surface area contributed by atoms with Gasteiger partial charge in [0.1, 0.15) is 0 Å². The Kier molecular flexibility index (Phi) is 4.17. The molecule has 1 aliphatic heterocycles. The first-order chi connectivity index (χ1) is 10.1. The Morgan fingerprint density at radius 1 is 1.43 bits per heavy atom. The van der Waals surface area contributed by atoms with Crippen LogP contribution in [0.2, 0.25) is 5.02 Å². The summed E-state index contributed by atoms with van der Waals surface area (Å²) in [6.45, 7) is 1.69. The first-order valence-corrected chi connectivity index (χ1v) is 8.05. The van der Waals surface area contributed by atoms with E-state index in [0.717, 1.165) is 20.0 Å². The second kappa shape index (κ2) is 5.93. The van der Waals surface area contributed by atoms with E-state index in [2.05, 4.69) is 4.90 Å². The fourth-order valence-electron chi connectivity index (χ4n) is 2.76. The van der Waals surface area contributed by atoms with E-state index in [1.807, 2.05) is 24.3 Å². The molecule has 6 heteroatoms. The van der Waals surface area contributed by atoms with E-state index in [1.165, 1.54) is 0 Å². The number of aliphatic carboxylic acids is 1. The maximum atomic E-state index is 11.2. The molecule has 0 spiro atoms. The number of aliphatic hydroxyl groups excluding tert-OH is 1. The number of thiophene rings is 1. The molecule has 1 aromatic carbocycles. The predicted octanol–water partition coefficient (Wildman–Crippen LogP) is 2.82. The summed E-state index contributed by atoms with van der Waals surface area (Å²) >= 11 is 8.07. The molecule has 0 radical (unpaired) electrons. The first-order valence-electron chi connectivity index (χ1n) is 6.85. The van der Waals surface area contributed by atoms with Gasteiger partial charge in [0.05, 0.1) is 17.0 Å². The standard InChI is InChI=1S/C15H16ClNO3S/c16-14-9-3-1-2-4-12(9)21-13(14)8-17-6-5-11(18)10(7-17)15(19)20/h1-4,10-11,18H,5-8H2,(H,19,20)/t10-,11-/m0/s1. The molecule has 0 amide bonds. The molecule has 21 heavy (non-hydrogen) atoms. The normalized spacial score (nSPS) is 23.5. The molecule has 112 valence electrons. The van der Waals surface area contributed by atoms with Gasteiger partial charge in [-0.25, -0.2) is 0 Å². The summed E-state index contributed by atoms with van der Waals surface area (Å²) in [6.07, 6.45) is -0.268. The Morgan fingerprint density at radius 3 is 2.90 bits per heavy atom. The number of benzene rings is 1. The minimum absolute atomic E-state index is 0.362. The van der Waals surface area contributed by atoms with E-state index >= 15 is 0 Å².